The number of hydrogen-bond acceptors (Lipinski definition) is 4. The molecule has 0 aliphatic carbocycles. The lowest BCUT2D eigenvalue weighted by atomic mass is 10.2. The van der Waals surface area contributed by atoms with Gasteiger partial charge in [-0.05, 0) is 31.5 Å². The molecule has 1 aliphatic heterocycles. The molecule has 19 heavy (non-hydrogen) atoms. The number of nitrogens with one attached hydrogen (secondary N) is 2. The van der Waals surface area contributed by atoms with E-state index >= 15 is 0 Å². The SMILES string of the molecule is COc1ccccc1-n1c(C2CCCN2)n[nH]c1=O. The van der Waals surface area contributed by atoms with Gasteiger partial charge in [0.1, 0.15) is 5.75 Å². The number of H-pyrrole nitrogens is 1. The summed E-state index contributed by atoms with van der Waals surface area (Å²) in [5, 5.41) is 10.0. The molecule has 0 radical (unpaired) electrons. The maximum Gasteiger partial charge on any atom is 0.348 e. The van der Waals surface area contributed by atoms with E-state index in [1.807, 2.05) is 24.3 Å². The van der Waals surface area contributed by atoms with Crippen LogP contribution in [0.2, 0.25) is 0 Å². The third kappa shape index (κ3) is 2.04. The van der Waals surface area contributed by atoms with Gasteiger partial charge in [0.15, 0.2) is 5.82 Å². The molecule has 1 unspecified atom stereocenters. The molecular formula is C13H16N4O2. The third-order valence-corrected chi connectivity index (χ3v) is 3.40. The average Bonchev–Trinajstić information content (AvgIpc) is 3.07. The summed E-state index contributed by atoms with van der Waals surface area (Å²) in [5.41, 5.74) is 0.473. The van der Waals surface area contributed by atoms with E-state index in [1.54, 1.807) is 11.7 Å². The van der Waals surface area contributed by atoms with E-state index in [-0.39, 0.29) is 11.7 Å². The van der Waals surface area contributed by atoms with Crippen LogP contribution in [0, 0.1) is 0 Å². The quantitative estimate of drug-likeness (QED) is 0.863. The number of ether oxygens (including phenoxy) is 1. The van der Waals surface area contributed by atoms with Crippen LogP contribution in [0.4, 0.5) is 0 Å². The van der Waals surface area contributed by atoms with Crippen LogP contribution in [-0.4, -0.2) is 28.4 Å². The highest BCUT2D eigenvalue weighted by Gasteiger charge is 2.24. The molecule has 100 valence electrons. The topological polar surface area (TPSA) is 71.9 Å². The van der Waals surface area contributed by atoms with Crippen molar-refractivity contribution in [3.63, 3.8) is 0 Å². The Bertz CT molecular complexity index is 626. The number of aromatic amines is 1. The normalized spacial score (nSPS) is 18.7. The summed E-state index contributed by atoms with van der Waals surface area (Å²) in [5.74, 6) is 1.37. The fourth-order valence-corrected chi connectivity index (χ4v) is 2.50. The van der Waals surface area contributed by atoms with Crippen LogP contribution in [0.5, 0.6) is 5.75 Å². The molecule has 6 nitrogen and oxygen atoms in total. The molecule has 2 heterocycles. The Balaban J connectivity index is 2.13. The van der Waals surface area contributed by atoms with Crippen molar-refractivity contribution in [2.24, 2.45) is 0 Å². The monoisotopic (exact) mass is 260 g/mol. The van der Waals surface area contributed by atoms with Crippen molar-refractivity contribution in [1.82, 2.24) is 20.1 Å². The first-order valence-corrected chi connectivity index (χ1v) is 6.35. The van der Waals surface area contributed by atoms with Gasteiger partial charge in [0, 0.05) is 0 Å². The summed E-state index contributed by atoms with van der Waals surface area (Å²) in [6, 6.07) is 7.56. The predicted octanol–water partition coefficient (Wildman–Crippen LogP) is 0.994. The Labute approximate surface area is 110 Å². The number of nitrogens with zero attached hydrogens (tertiary/aromatic N) is 2. The van der Waals surface area contributed by atoms with Gasteiger partial charge in [-0.2, -0.15) is 5.10 Å². The van der Waals surface area contributed by atoms with Crippen molar-refractivity contribution in [2.75, 3.05) is 13.7 Å². The van der Waals surface area contributed by atoms with Crippen molar-refractivity contribution < 1.29 is 4.74 Å². The van der Waals surface area contributed by atoms with Crippen molar-refractivity contribution >= 4 is 0 Å². The predicted molar refractivity (Wildman–Crippen MR) is 70.7 cm³/mol. The second kappa shape index (κ2) is 4.89. The van der Waals surface area contributed by atoms with Crippen LogP contribution in [0.3, 0.4) is 0 Å². The van der Waals surface area contributed by atoms with Gasteiger partial charge >= 0.3 is 5.69 Å². The summed E-state index contributed by atoms with van der Waals surface area (Å²) in [4.78, 5) is 12.0. The molecule has 1 aromatic heterocycles. The van der Waals surface area contributed by atoms with E-state index in [9.17, 15) is 4.79 Å². The van der Waals surface area contributed by atoms with Crippen molar-refractivity contribution in [3.05, 3.63) is 40.6 Å². The number of hydrogen-bond donors (Lipinski definition) is 2. The van der Waals surface area contributed by atoms with Gasteiger partial charge in [-0.25, -0.2) is 14.5 Å². The minimum Gasteiger partial charge on any atom is -0.495 e. The molecule has 0 bridgehead atoms. The summed E-state index contributed by atoms with van der Waals surface area (Å²) < 4.78 is 6.91. The van der Waals surface area contributed by atoms with E-state index in [1.165, 1.54) is 0 Å². The lowest BCUT2D eigenvalue weighted by Gasteiger charge is -2.13. The maximum atomic E-state index is 12.0. The highest BCUT2D eigenvalue weighted by atomic mass is 16.5. The Morgan fingerprint density at radius 1 is 1.42 bits per heavy atom. The smallest absolute Gasteiger partial charge is 0.348 e. The minimum absolute atomic E-state index is 0.115. The number of para-hydroxylation sites is 2. The van der Waals surface area contributed by atoms with Gasteiger partial charge < -0.3 is 10.1 Å². The summed E-state index contributed by atoms with van der Waals surface area (Å²) in [7, 11) is 1.59. The second-order valence-electron chi connectivity index (χ2n) is 4.54. The van der Waals surface area contributed by atoms with Gasteiger partial charge in [-0.3, -0.25) is 0 Å². The molecule has 3 rings (SSSR count). The van der Waals surface area contributed by atoms with Crippen LogP contribution < -0.4 is 15.7 Å². The van der Waals surface area contributed by atoms with Gasteiger partial charge in [0.2, 0.25) is 0 Å². The minimum atomic E-state index is -0.242. The van der Waals surface area contributed by atoms with Gasteiger partial charge in [0.25, 0.3) is 0 Å². The van der Waals surface area contributed by atoms with Crippen LogP contribution in [0.25, 0.3) is 5.69 Å². The number of benzene rings is 1. The van der Waals surface area contributed by atoms with Crippen LogP contribution in [-0.2, 0) is 0 Å². The van der Waals surface area contributed by atoms with Gasteiger partial charge in [-0.15, -0.1) is 0 Å². The van der Waals surface area contributed by atoms with Crippen LogP contribution in [0.1, 0.15) is 24.7 Å². The number of aromatic nitrogens is 3. The molecule has 0 amide bonds. The molecular weight excluding hydrogens is 244 g/mol. The molecule has 6 heteroatoms. The van der Waals surface area contributed by atoms with Crippen LogP contribution in [0.15, 0.2) is 29.1 Å². The Kier molecular flexibility index (Phi) is 3.08. The van der Waals surface area contributed by atoms with Crippen molar-refractivity contribution in [1.29, 1.82) is 0 Å². The van der Waals surface area contributed by atoms with E-state index in [2.05, 4.69) is 15.5 Å². The zero-order valence-electron chi connectivity index (χ0n) is 10.7. The summed E-state index contributed by atoms with van der Waals surface area (Å²) in [6.45, 7) is 0.956. The lowest BCUT2D eigenvalue weighted by molar-refractivity contribution is 0.411. The number of rotatable bonds is 3. The number of methoxy groups -OCH3 is 1. The molecule has 0 spiro atoms. The zero-order chi connectivity index (χ0) is 13.2. The molecule has 1 saturated heterocycles. The first-order chi connectivity index (χ1) is 9.31. The van der Waals surface area contributed by atoms with E-state index in [0.29, 0.717) is 17.3 Å². The fourth-order valence-electron chi connectivity index (χ4n) is 2.50. The average molecular weight is 260 g/mol. The Hall–Kier alpha value is -2.08. The zero-order valence-corrected chi connectivity index (χ0v) is 10.7. The molecule has 1 aliphatic rings. The molecule has 1 aromatic carbocycles. The summed E-state index contributed by atoms with van der Waals surface area (Å²) >= 11 is 0. The highest BCUT2D eigenvalue weighted by molar-refractivity contribution is 5.47. The van der Waals surface area contributed by atoms with E-state index < -0.39 is 0 Å². The molecule has 0 saturated carbocycles. The standard InChI is InChI=1S/C13H16N4O2/c1-19-11-7-3-2-6-10(11)17-12(15-16-13(17)18)9-5-4-8-14-9/h2-3,6-7,9,14H,4-5,8H2,1H3,(H,16,18). The van der Waals surface area contributed by atoms with Crippen molar-refractivity contribution in [3.8, 4) is 11.4 Å². The van der Waals surface area contributed by atoms with E-state index in [0.717, 1.165) is 19.4 Å². The molecule has 1 fully saturated rings. The van der Waals surface area contributed by atoms with Crippen LogP contribution >= 0.6 is 0 Å². The van der Waals surface area contributed by atoms with E-state index in [4.69, 9.17) is 4.74 Å². The maximum absolute atomic E-state index is 12.0. The Morgan fingerprint density at radius 3 is 3.00 bits per heavy atom. The van der Waals surface area contributed by atoms with Gasteiger partial charge in [0.05, 0.1) is 18.8 Å². The molecule has 2 aromatic rings. The van der Waals surface area contributed by atoms with Crippen molar-refractivity contribution in [2.45, 2.75) is 18.9 Å². The van der Waals surface area contributed by atoms with Gasteiger partial charge in [-0.1, -0.05) is 12.1 Å². The fraction of sp³-hybridized carbons (Fsp3) is 0.385. The first-order valence-electron chi connectivity index (χ1n) is 6.35. The second-order valence-corrected chi connectivity index (χ2v) is 4.54. The lowest BCUT2D eigenvalue weighted by Crippen LogP contribution is -2.22. The molecule has 1 atom stereocenters. The highest BCUT2D eigenvalue weighted by Crippen LogP contribution is 2.26. The Morgan fingerprint density at radius 2 is 2.26 bits per heavy atom. The largest absolute Gasteiger partial charge is 0.495 e. The molecule has 2 N–H and O–H groups in total. The summed E-state index contributed by atoms with van der Waals surface area (Å²) in [6.07, 6.45) is 2.08. The first kappa shape index (κ1) is 12.0. The third-order valence-electron chi connectivity index (χ3n) is 3.40.